The number of carbonyl (C=O) groups is 1. The van der Waals surface area contributed by atoms with Crippen LogP contribution in [-0.4, -0.2) is 11.9 Å². The summed E-state index contributed by atoms with van der Waals surface area (Å²) in [4.78, 5) is 25.7. The van der Waals surface area contributed by atoms with Crippen molar-refractivity contribution in [3.63, 3.8) is 0 Å². The minimum Gasteiger partial charge on any atom is -0.344 e. The maximum absolute atomic E-state index is 9.44. The fraction of sp³-hybridized carbons (Fsp3) is 0.500. The van der Waals surface area contributed by atoms with Crippen LogP contribution in [0.3, 0.4) is 0 Å². The Labute approximate surface area is 47.5 Å². The minimum atomic E-state index is 0. The third-order valence-electron chi connectivity index (χ3n) is 0. The molecular weight excluding hydrogens is 110 g/mol. The first kappa shape index (κ1) is 15.7. The van der Waals surface area contributed by atoms with E-state index in [4.69, 9.17) is 9.59 Å². The Bertz CT molecular complexity index is 79.3. The molecule has 0 bridgehead atoms. The summed E-state index contributed by atoms with van der Waals surface area (Å²) in [5, 5.41) is 0. The van der Waals surface area contributed by atoms with E-state index in [0.29, 0.717) is 0 Å². The molecule has 0 rings (SSSR count). The van der Waals surface area contributed by atoms with Gasteiger partial charge in [0, 0.05) is 0 Å². The highest BCUT2D eigenvalue weighted by molar-refractivity contribution is 5.72. The van der Waals surface area contributed by atoms with Crippen molar-refractivity contribution in [3.8, 4) is 0 Å². The Morgan fingerprint density at radius 2 is 1.25 bits per heavy atom. The molecule has 48 valence electrons. The fourth-order valence-electron chi connectivity index (χ4n) is 0. The lowest BCUT2D eigenvalue weighted by atomic mass is 10.6. The molecule has 0 unspecified atom stereocenters. The van der Waals surface area contributed by atoms with Crippen LogP contribution in [0.5, 0.6) is 0 Å². The van der Waals surface area contributed by atoms with Crippen LogP contribution in [-0.2, 0) is 14.4 Å². The first-order chi connectivity index (χ1) is 3.15. The predicted octanol–water partition coefficient (Wildman–Crippen LogP) is 0.174. The van der Waals surface area contributed by atoms with E-state index in [2.05, 4.69) is 0 Å². The van der Waals surface area contributed by atoms with Crippen LogP contribution >= 0.6 is 0 Å². The van der Waals surface area contributed by atoms with Gasteiger partial charge in [0.1, 0.15) is 5.78 Å². The van der Waals surface area contributed by atoms with Crippen LogP contribution in [0.2, 0.25) is 0 Å². The van der Waals surface area contributed by atoms with E-state index in [0.717, 1.165) is 0 Å². The Kier molecular flexibility index (Phi) is 32.8. The fourth-order valence-corrected chi connectivity index (χ4v) is 0. The summed E-state index contributed by atoms with van der Waals surface area (Å²) in [6.45, 7) is 3.06. The van der Waals surface area contributed by atoms with Gasteiger partial charge in [-0.3, -0.25) is 0 Å². The molecule has 4 nitrogen and oxygen atoms in total. The van der Waals surface area contributed by atoms with Gasteiger partial charge in [0.15, 0.2) is 0 Å². The molecule has 0 spiro atoms. The molecule has 3 N–H and O–H groups in total. The average molecular weight is 119 g/mol. The highest BCUT2D eigenvalue weighted by Gasteiger charge is 1.62. The van der Waals surface area contributed by atoms with Gasteiger partial charge in [0.25, 0.3) is 0 Å². The number of rotatable bonds is 0. The summed E-state index contributed by atoms with van der Waals surface area (Å²) < 4.78 is 0. The highest BCUT2D eigenvalue weighted by atomic mass is 16.2. The van der Waals surface area contributed by atoms with E-state index >= 15 is 0 Å². The normalized spacial score (nSPS) is 4.25. The number of hydrogen-bond donors (Lipinski definition) is 1. The minimum absolute atomic E-state index is 0. The van der Waals surface area contributed by atoms with E-state index in [1.807, 2.05) is 0 Å². The van der Waals surface area contributed by atoms with Crippen LogP contribution in [0, 0.1) is 0 Å². The van der Waals surface area contributed by atoms with E-state index < -0.39 is 0 Å². The maximum atomic E-state index is 9.44. The molecule has 4 heteroatoms. The second kappa shape index (κ2) is 16.7. The molecule has 0 saturated carbocycles. The van der Waals surface area contributed by atoms with Crippen molar-refractivity contribution in [1.82, 2.24) is 6.15 Å². The predicted molar refractivity (Wildman–Crippen MR) is 26.4 cm³/mol. The third kappa shape index (κ3) is 82.2. The van der Waals surface area contributed by atoms with Gasteiger partial charge in [-0.05, 0) is 13.8 Å². The largest absolute Gasteiger partial charge is 0.373 e. The van der Waals surface area contributed by atoms with Crippen molar-refractivity contribution in [1.29, 1.82) is 0 Å². The van der Waals surface area contributed by atoms with Crippen molar-refractivity contribution in [2.24, 2.45) is 0 Å². The summed E-state index contributed by atoms with van der Waals surface area (Å²) in [6.07, 6.45) is 0.250. The molecular formula is C4H9NO3. The summed E-state index contributed by atoms with van der Waals surface area (Å²) >= 11 is 0. The summed E-state index contributed by atoms with van der Waals surface area (Å²) in [6, 6.07) is 0. The van der Waals surface area contributed by atoms with E-state index in [1.165, 1.54) is 13.8 Å². The van der Waals surface area contributed by atoms with Crippen LogP contribution in [0.25, 0.3) is 0 Å². The Morgan fingerprint density at radius 1 is 1.25 bits per heavy atom. The molecule has 0 saturated heterocycles. The van der Waals surface area contributed by atoms with Crippen LogP contribution < -0.4 is 6.15 Å². The molecule has 0 amide bonds. The molecule has 0 fully saturated rings. The molecule has 0 atom stereocenters. The summed E-state index contributed by atoms with van der Waals surface area (Å²) in [7, 11) is 0. The number of ketones is 1. The highest BCUT2D eigenvalue weighted by Crippen LogP contribution is 1.50. The van der Waals surface area contributed by atoms with Gasteiger partial charge in [-0.2, -0.15) is 9.59 Å². The van der Waals surface area contributed by atoms with E-state index in [9.17, 15) is 4.79 Å². The third-order valence-corrected chi connectivity index (χ3v) is 0. The van der Waals surface area contributed by atoms with Crippen molar-refractivity contribution in [2.75, 3.05) is 0 Å². The molecule has 0 heterocycles. The van der Waals surface area contributed by atoms with Gasteiger partial charge < -0.3 is 10.9 Å². The second-order valence-electron chi connectivity index (χ2n) is 0.992. The zero-order valence-corrected chi connectivity index (χ0v) is 4.93. The monoisotopic (exact) mass is 119 g/mol. The number of hydrogen-bond acceptors (Lipinski definition) is 4. The summed E-state index contributed by atoms with van der Waals surface area (Å²) in [5.41, 5.74) is 0. The van der Waals surface area contributed by atoms with Crippen molar-refractivity contribution >= 4 is 11.9 Å². The SMILES string of the molecule is CC(C)=O.N.O=C=O. The zero-order chi connectivity index (χ0) is 6.28. The topological polar surface area (TPSA) is 86.2 Å². The van der Waals surface area contributed by atoms with Crippen LogP contribution in [0.1, 0.15) is 13.8 Å². The number of carbonyl (C=O) groups excluding carboxylic acids is 3. The zero-order valence-electron chi connectivity index (χ0n) is 4.93. The van der Waals surface area contributed by atoms with Gasteiger partial charge in [0.05, 0.1) is 0 Å². The molecule has 0 aliphatic heterocycles. The lowest BCUT2D eigenvalue weighted by molar-refractivity contribution is -0.191. The Balaban J connectivity index is -0.0000000575. The Hall–Kier alpha value is -0.990. The molecule has 0 aromatic carbocycles. The molecule has 8 heavy (non-hydrogen) atoms. The maximum Gasteiger partial charge on any atom is 0.373 e. The van der Waals surface area contributed by atoms with E-state index in [1.54, 1.807) is 0 Å². The van der Waals surface area contributed by atoms with Crippen LogP contribution in [0.4, 0.5) is 0 Å². The molecule has 0 radical (unpaired) electrons. The summed E-state index contributed by atoms with van der Waals surface area (Å²) in [5.74, 6) is 0.167. The standard InChI is InChI=1S/C3H6O.CO2.H3N/c1-3(2)4;2-1-3;/h1-2H3;;1H3. The van der Waals surface area contributed by atoms with Gasteiger partial charge in [-0.25, -0.2) is 0 Å². The second-order valence-corrected chi connectivity index (χ2v) is 0.992. The first-order valence-electron chi connectivity index (χ1n) is 1.61. The van der Waals surface area contributed by atoms with Crippen LogP contribution in [0.15, 0.2) is 0 Å². The van der Waals surface area contributed by atoms with Gasteiger partial charge in [-0.15, -0.1) is 0 Å². The first-order valence-corrected chi connectivity index (χ1v) is 1.61. The van der Waals surface area contributed by atoms with Crippen molar-refractivity contribution in [2.45, 2.75) is 13.8 Å². The molecule has 0 aliphatic rings. The van der Waals surface area contributed by atoms with Gasteiger partial charge in [-0.1, -0.05) is 0 Å². The lowest BCUT2D eigenvalue weighted by Gasteiger charge is -1.56. The molecule has 0 aromatic heterocycles. The van der Waals surface area contributed by atoms with Crippen molar-refractivity contribution < 1.29 is 14.4 Å². The molecule has 0 aliphatic carbocycles. The molecule has 0 aromatic rings. The van der Waals surface area contributed by atoms with Gasteiger partial charge in [0.2, 0.25) is 0 Å². The quantitative estimate of drug-likeness (QED) is 0.492. The lowest BCUT2D eigenvalue weighted by Crippen LogP contribution is -1.69. The Morgan fingerprint density at radius 3 is 1.25 bits per heavy atom. The van der Waals surface area contributed by atoms with Crippen molar-refractivity contribution in [3.05, 3.63) is 0 Å². The van der Waals surface area contributed by atoms with Gasteiger partial charge >= 0.3 is 6.15 Å². The van der Waals surface area contributed by atoms with E-state index in [-0.39, 0.29) is 18.1 Å². The average Bonchev–Trinajstić information content (AvgIpc) is 1.33. The smallest absolute Gasteiger partial charge is 0.344 e. The number of Topliss-reactive ketones (excluding diaryl/α,β-unsaturated/α-hetero) is 1.